The third kappa shape index (κ3) is 2.14. The zero-order valence-electron chi connectivity index (χ0n) is 12.0. The maximum Gasteiger partial charge on any atom is 0.251 e. The number of fused-ring (bicyclic) bond motifs is 1. The van der Waals surface area contributed by atoms with Crippen LogP contribution in [0.25, 0.3) is 28.6 Å². The highest BCUT2D eigenvalue weighted by atomic mass is 16.4. The van der Waals surface area contributed by atoms with Crippen LogP contribution in [-0.2, 0) is 6.42 Å². The van der Waals surface area contributed by atoms with Crippen LogP contribution in [0.2, 0.25) is 0 Å². The molecule has 3 aromatic heterocycles. The fourth-order valence-corrected chi connectivity index (χ4v) is 2.25. The standard InChI is InChI=1S/C16H13N5O/c1-2-13-8-14-17-9-12(10-21(14)20-13)16-19-18-15(22-16)11-6-4-3-5-7-11/h3-10H,2H2,1H3. The van der Waals surface area contributed by atoms with Gasteiger partial charge in [0.05, 0.1) is 11.3 Å². The third-order valence-corrected chi connectivity index (χ3v) is 3.42. The molecule has 6 nitrogen and oxygen atoms in total. The van der Waals surface area contributed by atoms with Crippen molar-refractivity contribution >= 4 is 5.65 Å². The largest absolute Gasteiger partial charge is 0.416 e. The van der Waals surface area contributed by atoms with Crippen LogP contribution in [-0.4, -0.2) is 24.8 Å². The number of hydrogen-bond acceptors (Lipinski definition) is 5. The number of aryl methyl sites for hydroxylation is 1. The lowest BCUT2D eigenvalue weighted by molar-refractivity contribution is 0.583. The van der Waals surface area contributed by atoms with Crippen molar-refractivity contribution in [2.24, 2.45) is 0 Å². The predicted molar refractivity (Wildman–Crippen MR) is 81.1 cm³/mol. The first-order valence-electron chi connectivity index (χ1n) is 7.07. The van der Waals surface area contributed by atoms with E-state index in [2.05, 4.69) is 27.2 Å². The van der Waals surface area contributed by atoms with Crippen LogP contribution >= 0.6 is 0 Å². The quantitative estimate of drug-likeness (QED) is 0.580. The number of benzene rings is 1. The molecule has 6 heteroatoms. The van der Waals surface area contributed by atoms with E-state index >= 15 is 0 Å². The fraction of sp³-hybridized carbons (Fsp3) is 0.125. The summed E-state index contributed by atoms with van der Waals surface area (Å²) in [7, 11) is 0. The van der Waals surface area contributed by atoms with Gasteiger partial charge in [-0.15, -0.1) is 10.2 Å². The van der Waals surface area contributed by atoms with Gasteiger partial charge in [0.2, 0.25) is 5.89 Å². The minimum Gasteiger partial charge on any atom is -0.416 e. The number of hydrogen-bond donors (Lipinski definition) is 0. The fourth-order valence-electron chi connectivity index (χ4n) is 2.25. The van der Waals surface area contributed by atoms with E-state index in [1.54, 1.807) is 10.7 Å². The van der Waals surface area contributed by atoms with E-state index in [9.17, 15) is 0 Å². The second-order valence-corrected chi connectivity index (χ2v) is 4.91. The van der Waals surface area contributed by atoms with Crippen molar-refractivity contribution in [3.8, 4) is 22.9 Å². The SMILES string of the molecule is CCc1cc2ncc(-c3nnc(-c4ccccc4)o3)cn2n1. The molecule has 1 aromatic carbocycles. The molecule has 4 aromatic rings. The highest BCUT2D eigenvalue weighted by Crippen LogP contribution is 2.23. The molecule has 0 bridgehead atoms. The van der Waals surface area contributed by atoms with E-state index in [0.717, 1.165) is 28.9 Å². The summed E-state index contributed by atoms with van der Waals surface area (Å²) in [5, 5.41) is 12.6. The molecule has 0 spiro atoms. The summed E-state index contributed by atoms with van der Waals surface area (Å²) in [6.45, 7) is 2.06. The number of nitrogens with zero attached hydrogens (tertiary/aromatic N) is 5. The summed E-state index contributed by atoms with van der Waals surface area (Å²) < 4.78 is 7.47. The van der Waals surface area contributed by atoms with Gasteiger partial charge in [0.25, 0.3) is 5.89 Å². The molecular formula is C16H13N5O. The van der Waals surface area contributed by atoms with Gasteiger partial charge in [-0.05, 0) is 18.6 Å². The first-order valence-corrected chi connectivity index (χ1v) is 7.07. The summed E-state index contributed by atoms with van der Waals surface area (Å²) in [6, 6.07) is 11.6. The highest BCUT2D eigenvalue weighted by Gasteiger charge is 2.12. The van der Waals surface area contributed by atoms with Crippen molar-refractivity contribution in [1.29, 1.82) is 0 Å². The van der Waals surface area contributed by atoms with Crippen LogP contribution in [0.3, 0.4) is 0 Å². The van der Waals surface area contributed by atoms with Gasteiger partial charge in [-0.25, -0.2) is 9.50 Å². The Labute approximate surface area is 126 Å². The molecule has 4 rings (SSSR count). The van der Waals surface area contributed by atoms with Gasteiger partial charge in [0.1, 0.15) is 0 Å². The molecule has 0 fully saturated rings. The maximum atomic E-state index is 5.73. The molecule has 0 saturated heterocycles. The number of aromatic nitrogens is 5. The van der Waals surface area contributed by atoms with E-state index in [4.69, 9.17) is 4.42 Å². The summed E-state index contributed by atoms with van der Waals surface area (Å²) in [5.74, 6) is 0.923. The predicted octanol–water partition coefficient (Wildman–Crippen LogP) is 3.01. The molecule has 0 aliphatic heterocycles. The van der Waals surface area contributed by atoms with Crippen LogP contribution < -0.4 is 0 Å². The Balaban J connectivity index is 1.74. The molecule has 3 heterocycles. The van der Waals surface area contributed by atoms with Crippen LogP contribution in [0.15, 0.2) is 53.2 Å². The van der Waals surface area contributed by atoms with Crippen molar-refractivity contribution in [2.75, 3.05) is 0 Å². The van der Waals surface area contributed by atoms with Gasteiger partial charge in [-0.1, -0.05) is 25.1 Å². The van der Waals surface area contributed by atoms with E-state index in [1.807, 2.05) is 42.6 Å². The van der Waals surface area contributed by atoms with Gasteiger partial charge in [-0.3, -0.25) is 0 Å². The summed E-state index contributed by atoms with van der Waals surface area (Å²) in [6.07, 6.45) is 4.44. The zero-order chi connectivity index (χ0) is 14.9. The lowest BCUT2D eigenvalue weighted by Crippen LogP contribution is -1.92. The van der Waals surface area contributed by atoms with Crippen LogP contribution in [0.1, 0.15) is 12.6 Å². The molecule has 22 heavy (non-hydrogen) atoms. The molecule has 0 aliphatic carbocycles. The molecular weight excluding hydrogens is 278 g/mol. The Morgan fingerprint density at radius 1 is 1.05 bits per heavy atom. The van der Waals surface area contributed by atoms with Crippen LogP contribution in [0, 0.1) is 0 Å². The topological polar surface area (TPSA) is 69.1 Å². The lowest BCUT2D eigenvalue weighted by Gasteiger charge is -1.96. The Morgan fingerprint density at radius 2 is 1.82 bits per heavy atom. The van der Waals surface area contributed by atoms with Gasteiger partial charge >= 0.3 is 0 Å². The van der Waals surface area contributed by atoms with Crippen molar-refractivity contribution in [2.45, 2.75) is 13.3 Å². The van der Waals surface area contributed by atoms with Crippen molar-refractivity contribution in [1.82, 2.24) is 24.8 Å². The smallest absolute Gasteiger partial charge is 0.251 e. The Bertz CT molecular complexity index is 926. The Hall–Kier alpha value is -3.02. The minimum absolute atomic E-state index is 0.432. The van der Waals surface area contributed by atoms with E-state index < -0.39 is 0 Å². The molecule has 108 valence electrons. The average molecular weight is 291 g/mol. The van der Waals surface area contributed by atoms with Gasteiger partial charge in [0.15, 0.2) is 5.65 Å². The summed E-state index contributed by atoms with van der Waals surface area (Å²) >= 11 is 0. The van der Waals surface area contributed by atoms with E-state index in [0.29, 0.717) is 11.8 Å². The van der Waals surface area contributed by atoms with E-state index in [1.165, 1.54) is 0 Å². The molecule has 0 atom stereocenters. The van der Waals surface area contributed by atoms with E-state index in [-0.39, 0.29) is 0 Å². The minimum atomic E-state index is 0.432. The zero-order valence-corrected chi connectivity index (χ0v) is 12.0. The highest BCUT2D eigenvalue weighted by molar-refractivity contribution is 5.57. The Kier molecular flexibility index (Phi) is 2.93. The molecule has 0 N–H and O–H groups in total. The van der Waals surface area contributed by atoms with Crippen LogP contribution in [0.4, 0.5) is 0 Å². The second-order valence-electron chi connectivity index (χ2n) is 4.91. The Morgan fingerprint density at radius 3 is 2.59 bits per heavy atom. The molecule has 0 saturated carbocycles. The average Bonchev–Trinajstić information content (AvgIpc) is 3.21. The van der Waals surface area contributed by atoms with Crippen molar-refractivity contribution < 1.29 is 4.42 Å². The molecule has 0 unspecified atom stereocenters. The monoisotopic (exact) mass is 291 g/mol. The second kappa shape index (κ2) is 5.07. The summed E-state index contributed by atoms with van der Waals surface area (Å²) in [4.78, 5) is 4.38. The van der Waals surface area contributed by atoms with Crippen molar-refractivity contribution in [3.05, 3.63) is 54.5 Å². The van der Waals surface area contributed by atoms with Crippen molar-refractivity contribution in [3.63, 3.8) is 0 Å². The molecule has 0 amide bonds. The van der Waals surface area contributed by atoms with Gasteiger partial charge in [-0.2, -0.15) is 5.10 Å². The van der Waals surface area contributed by atoms with Crippen LogP contribution in [0.5, 0.6) is 0 Å². The summed E-state index contributed by atoms with van der Waals surface area (Å²) in [5.41, 5.74) is 3.44. The molecule has 0 radical (unpaired) electrons. The number of rotatable bonds is 3. The third-order valence-electron chi connectivity index (χ3n) is 3.42. The molecule has 0 aliphatic rings. The van der Waals surface area contributed by atoms with Gasteiger partial charge in [0, 0.05) is 24.0 Å². The first-order chi connectivity index (χ1) is 10.8. The van der Waals surface area contributed by atoms with Gasteiger partial charge < -0.3 is 4.42 Å². The lowest BCUT2D eigenvalue weighted by atomic mass is 10.2. The normalized spacial score (nSPS) is 11.1. The maximum absolute atomic E-state index is 5.73. The first kappa shape index (κ1) is 12.7.